The highest BCUT2D eigenvalue weighted by atomic mass is 14.9. The average Bonchev–Trinajstić information content (AvgIpc) is 2.62. The average molecular weight is 195 g/mol. The van der Waals surface area contributed by atoms with Gasteiger partial charge < -0.3 is 5.32 Å². The van der Waals surface area contributed by atoms with Crippen molar-refractivity contribution < 1.29 is 0 Å². The second kappa shape index (κ2) is 4.65. The van der Waals surface area contributed by atoms with E-state index in [0.29, 0.717) is 0 Å². The number of hydrogen-bond acceptors (Lipinski definition) is 1. The van der Waals surface area contributed by atoms with Crippen LogP contribution in [-0.2, 0) is 0 Å². The van der Waals surface area contributed by atoms with Gasteiger partial charge in [0, 0.05) is 6.54 Å². The molecule has 1 saturated heterocycles. The van der Waals surface area contributed by atoms with Crippen molar-refractivity contribution in [3.05, 3.63) is 0 Å². The lowest BCUT2D eigenvalue weighted by Gasteiger charge is -2.39. The summed E-state index contributed by atoms with van der Waals surface area (Å²) < 4.78 is 0. The van der Waals surface area contributed by atoms with E-state index in [4.69, 9.17) is 0 Å². The molecule has 0 aromatic heterocycles. The predicted molar refractivity (Wildman–Crippen MR) is 61.4 cm³/mol. The molecule has 0 aromatic rings. The van der Waals surface area contributed by atoms with Crippen molar-refractivity contribution in [3.63, 3.8) is 0 Å². The van der Waals surface area contributed by atoms with Gasteiger partial charge in [-0.3, -0.25) is 0 Å². The fourth-order valence-electron chi connectivity index (χ4n) is 3.57. The van der Waals surface area contributed by atoms with Gasteiger partial charge in [-0.05, 0) is 37.1 Å². The van der Waals surface area contributed by atoms with E-state index in [0.717, 1.165) is 11.3 Å². The highest BCUT2D eigenvalue weighted by Gasteiger charge is 2.43. The van der Waals surface area contributed by atoms with Gasteiger partial charge in [0.25, 0.3) is 0 Å². The van der Waals surface area contributed by atoms with Crippen LogP contribution in [0.25, 0.3) is 0 Å². The Kier molecular flexibility index (Phi) is 3.48. The van der Waals surface area contributed by atoms with Gasteiger partial charge in [0.15, 0.2) is 0 Å². The van der Waals surface area contributed by atoms with Crippen LogP contribution in [0.1, 0.15) is 58.3 Å². The summed E-state index contributed by atoms with van der Waals surface area (Å²) in [4.78, 5) is 0. The predicted octanol–water partition coefficient (Wildman–Crippen LogP) is 3.35. The van der Waals surface area contributed by atoms with E-state index >= 15 is 0 Å². The standard InChI is InChI=1S/C13H25N/c1-2-3-5-8-13-9-6-4-7-12(13)10-14-11-13/h12,14H,2-11H2,1H3/t12-,13+/m0/s1. The molecule has 2 aliphatic rings. The van der Waals surface area contributed by atoms with Crippen molar-refractivity contribution in [1.82, 2.24) is 5.32 Å². The molecule has 1 N–H and O–H groups in total. The molecular weight excluding hydrogens is 170 g/mol. The van der Waals surface area contributed by atoms with Crippen molar-refractivity contribution >= 4 is 0 Å². The Morgan fingerprint density at radius 3 is 3.07 bits per heavy atom. The van der Waals surface area contributed by atoms with Crippen molar-refractivity contribution in [3.8, 4) is 0 Å². The van der Waals surface area contributed by atoms with E-state index in [1.165, 1.54) is 64.5 Å². The van der Waals surface area contributed by atoms with Crippen molar-refractivity contribution in [2.45, 2.75) is 58.3 Å². The molecule has 82 valence electrons. The molecule has 2 fully saturated rings. The zero-order chi connectivity index (χ0) is 9.86. The van der Waals surface area contributed by atoms with Crippen LogP contribution in [0, 0.1) is 11.3 Å². The first kappa shape index (κ1) is 10.5. The fourth-order valence-corrected chi connectivity index (χ4v) is 3.57. The number of rotatable bonds is 4. The molecule has 0 unspecified atom stereocenters. The molecule has 1 aliphatic heterocycles. The molecule has 0 amide bonds. The van der Waals surface area contributed by atoms with E-state index in [9.17, 15) is 0 Å². The van der Waals surface area contributed by atoms with Crippen LogP contribution in [-0.4, -0.2) is 13.1 Å². The van der Waals surface area contributed by atoms with Crippen LogP contribution in [0.2, 0.25) is 0 Å². The Morgan fingerprint density at radius 1 is 1.29 bits per heavy atom. The Balaban J connectivity index is 1.89. The van der Waals surface area contributed by atoms with Crippen molar-refractivity contribution in [2.24, 2.45) is 11.3 Å². The number of unbranched alkanes of at least 4 members (excludes halogenated alkanes) is 2. The molecule has 14 heavy (non-hydrogen) atoms. The smallest absolute Gasteiger partial charge is 0.00111 e. The first-order chi connectivity index (χ1) is 6.87. The van der Waals surface area contributed by atoms with Crippen molar-refractivity contribution in [2.75, 3.05) is 13.1 Å². The lowest BCUT2D eigenvalue weighted by molar-refractivity contribution is 0.132. The summed E-state index contributed by atoms with van der Waals surface area (Å²) in [7, 11) is 0. The van der Waals surface area contributed by atoms with Gasteiger partial charge in [0.1, 0.15) is 0 Å². The zero-order valence-corrected chi connectivity index (χ0v) is 9.65. The molecule has 1 aliphatic carbocycles. The molecule has 1 heteroatoms. The minimum atomic E-state index is 0.730. The topological polar surface area (TPSA) is 12.0 Å². The quantitative estimate of drug-likeness (QED) is 0.678. The maximum atomic E-state index is 3.63. The minimum absolute atomic E-state index is 0.730. The van der Waals surface area contributed by atoms with E-state index in [-0.39, 0.29) is 0 Å². The Hall–Kier alpha value is -0.0400. The monoisotopic (exact) mass is 195 g/mol. The van der Waals surface area contributed by atoms with Crippen LogP contribution < -0.4 is 5.32 Å². The third-order valence-electron chi connectivity index (χ3n) is 4.49. The number of nitrogens with one attached hydrogen (secondary N) is 1. The van der Waals surface area contributed by atoms with E-state index < -0.39 is 0 Å². The molecule has 1 heterocycles. The largest absolute Gasteiger partial charge is 0.316 e. The second-order valence-corrected chi connectivity index (χ2v) is 5.39. The van der Waals surface area contributed by atoms with E-state index in [1.807, 2.05) is 0 Å². The van der Waals surface area contributed by atoms with Gasteiger partial charge in [0.05, 0.1) is 0 Å². The first-order valence-electron chi connectivity index (χ1n) is 6.58. The highest BCUT2D eigenvalue weighted by molar-refractivity contribution is 4.96. The Labute approximate surface area is 88.7 Å². The molecule has 0 bridgehead atoms. The Bertz CT molecular complexity index is 178. The molecule has 1 saturated carbocycles. The van der Waals surface area contributed by atoms with Gasteiger partial charge in [-0.1, -0.05) is 39.0 Å². The van der Waals surface area contributed by atoms with Gasteiger partial charge in [-0.15, -0.1) is 0 Å². The molecule has 0 spiro atoms. The maximum Gasteiger partial charge on any atom is 0.00111 e. The maximum absolute atomic E-state index is 3.63. The first-order valence-corrected chi connectivity index (χ1v) is 6.58. The minimum Gasteiger partial charge on any atom is -0.316 e. The molecular formula is C13H25N. The number of hydrogen-bond donors (Lipinski definition) is 1. The van der Waals surface area contributed by atoms with Gasteiger partial charge in [0.2, 0.25) is 0 Å². The molecule has 0 aromatic carbocycles. The number of fused-ring (bicyclic) bond motifs is 1. The van der Waals surface area contributed by atoms with Gasteiger partial charge in [-0.2, -0.15) is 0 Å². The van der Waals surface area contributed by atoms with Crippen LogP contribution in [0.4, 0.5) is 0 Å². The summed E-state index contributed by atoms with van der Waals surface area (Å²) in [6, 6.07) is 0. The summed E-state index contributed by atoms with van der Waals surface area (Å²) in [6.45, 7) is 4.94. The van der Waals surface area contributed by atoms with E-state index in [1.54, 1.807) is 0 Å². The third-order valence-corrected chi connectivity index (χ3v) is 4.49. The second-order valence-electron chi connectivity index (χ2n) is 5.39. The SMILES string of the molecule is CCCCC[C@]12CCCC[C@H]1CNC2. The summed E-state index contributed by atoms with van der Waals surface area (Å²) in [5.74, 6) is 1.02. The lowest BCUT2D eigenvalue weighted by atomic mass is 9.66. The molecule has 2 rings (SSSR count). The normalized spacial score (nSPS) is 37.1. The lowest BCUT2D eigenvalue weighted by Crippen LogP contribution is -2.33. The summed E-state index contributed by atoms with van der Waals surface area (Å²) in [6.07, 6.45) is 11.8. The fraction of sp³-hybridized carbons (Fsp3) is 1.00. The molecule has 0 radical (unpaired) electrons. The summed E-state index contributed by atoms with van der Waals surface area (Å²) in [5.41, 5.74) is 0.730. The van der Waals surface area contributed by atoms with Crippen LogP contribution >= 0.6 is 0 Å². The van der Waals surface area contributed by atoms with Gasteiger partial charge in [-0.25, -0.2) is 0 Å². The molecule has 2 atom stereocenters. The van der Waals surface area contributed by atoms with Crippen LogP contribution in [0.3, 0.4) is 0 Å². The highest BCUT2D eigenvalue weighted by Crippen LogP contribution is 2.47. The third kappa shape index (κ3) is 1.98. The Morgan fingerprint density at radius 2 is 2.21 bits per heavy atom. The summed E-state index contributed by atoms with van der Waals surface area (Å²) in [5, 5.41) is 3.63. The van der Waals surface area contributed by atoms with E-state index in [2.05, 4.69) is 12.2 Å². The zero-order valence-electron chi connectivity index (χ0n) is 9.65. The van der Waals surface area contributed by atoms with Crippen LogP contribution in [0.5, 0.6) is 0 Å². The molecule has 1 nitrogen and oxygen atoms in total. The summed E-state index contributed by atoms with van der Waals surface area (Å²) >= 11 is 0. The van der Waals surface area contributed by atoms with Crippen LogP contribution in [0.15, 0.2) is 0 Å². The van der Waals surface area contributed by atoms with Crippen molar-refractivity contribution in [1.29, 1.82) is 0 Å². The van der Waals surface area contributed by atoms with Gasteiger partial charge >= 0.3 is 0 Å².